The van der Waals surface area contributed by atoms with Crippen LogP contribution in [-0.2, 0) is 4.79 Å². The molecule has 1 atom stereocenters. The van der Waals surface area contributed by atoms with Crippen LogP contribution in [0.25, 0.3) is 0 Å². The van der Waals surface area contributed by atoms with Gasteiger partial charge in [-0.1, -0.05) is 26.7 Å². The van der Waals surface area contributed by atoms with E-state index in [9.17, 15) is 4.79 Å². The molecular formula is C11H20N2O2. The second-order valence-electron chi connectivity index (χ2n) is 3.84. The maximum absolute atomic E-state index is 10.7. The van der Waals surface area contributed by atoms with Crippen molar-refractivity contribution in [3.05, 3.63) is 0 Å². The lowest BCUT2D eigenvalue weighted by Crippen LogP contribution is -2.33. The van der Waals surface area contributed by atoms with Gasteiger partial charge in [0.2, 0.25) is 0 Å². The summed E-state index contributed by atoms with van der Waals surface area (Å²) in [6, 6.07) is 2.07. The minimum absolute atomic E-state index is 0.321. The molecule has 1 unspecified atom stereocenters. The number of nitriles is 1. The molecule has 1 N–H and O–H groups in total. The number of hydrogen-bond acceptors (Lipinski definition) is 3. The van der Waals surface area contributed by atoms with E-state index in [1.807, 2.05) is 4.90 Å². The molecule has 0 spiro atoms. The minimum atomic E-state index is -0.798. The van der Waals surface area contributed by atoms with Crippen molar-refractivity contribution in [3.8, 4) is 6.07 Å². The van der Waals surface area contributed by atoms with Crippen molar-refractivity contribution >= 4 is 5.97 Å². The summed E-state index contributed by atoms with van der Waals surface area (Å²) in [6.45, 7) is 5.40. The summed E-state index contributed by atoms with van der Waals surface area (Å²) in [4.78, 5) is 12.6. The number of carbonyl (C=O) groups is 1. The number of rotatable bonds is 8. The highest BCUT2D eigenvalue weighted by molar-refractivity contribution is 5.69. The average molecular weight is 212 g/mol. The Morgan fingerprint density at radius 2 is 2.20 bits per heavy atom. The molecule has 4 heteroatoms. The van der Waals surface area contributed by atoms with E-state index in [-0.39, 0.29) is 0 Å². The first-order valence-corrected chi connectivity index (χ1v) is 5.43. The van der Waals surface area contributed by atoms with E-state index in [1.165, 1.54) is 0 Å². The Labute approximate surface area is 91.5 Å². The first kappa shape index (κ1) is 13.9. The van der Waals surface area contributed by atoms with Gasteiger partial charge in [0.1, 0.15) is 0 Å². The molecule has 0 rings (SSSR count). The molecule has 0 heterocycles. The molecule has 0 bridgehead atoms. The molecule has 86 valence electrons. The Balaban J connectivity index is 3.93. The monoisotopic (exact) mass is 212 g/mol. The molecule has 15 heavy (non-hydrogen) atoms. The minimum Gasteiger partial charge on any atom is -0.481 e. The molecule has 0 aliphatic heterocycles. The summed E-state index contributed by atoms with van der Waals surface area (Å²) < 4.78 is 0. The van der Waals surface area contributed by atoms with Gasteiger partial charge in [-0.25, -0.2) is 0 Å². The highest BCUT2D eigenvalue weighted by Gasteiger charge is 2.15. The van der Waals surface area contributed by atoms with Crippen LogP contribution < -0.4 is 0 Å². The van der Waals surface area contributed by atoms with Crippen LogP contribution in [0.1, 0.15) is 33.1 Å². The first-order valence-electron chi connectivity index (χ1n) is 5.43. The smallest absolute Gasteiger partial charge is 0.307 e. The number of carboxylic acid groups (broad SMARTS) is 1. The van der Waals surface area contributed by atoms with E-state index in [4.69, 9.17) is 10.4 Å². The van der Waals surface area contributed by atoms with E-state index < -0.39 is 11.9 Å². The maximum atomic E-state index is 10.7. The van der Waals surface area contributed by atoms with Gasteiger partial charge in [-0.15, -0.1) is 0 Å². The van der Waals surface area contributed by atoms with E-state index in [0.29, 0.717) is 13.1 Å². The largest absolute Gasteiger partial charge is 0.481 e. The number of aliphatic carboxylic acids is 1. The van der Waals surface area contributed by atoms with Crippen molar-refractivity contribution in [3.63, 3.8) is 0 Å². The quantitative estimate of drug-likeness (QED) is 0.491. The van der Waals surface area contributed by atoms with Crippen LogP contribution in [-0.4, -0.2) is 35.6 Å². The molecular weight excluding hydrogens is 192 g/mol. The van der Waals surface area contributed by atoms with Crippen LogP contribution in [0.15, 0.2) is 0 Å². The molecule has 0 amide bonds. The molecule has 0 fully saturated rings. The predicted octanol–water partition coefficient (Wildman–Crippen LogP) is 1.72. The summed E-state index contributed by atoms with van der Waals surface area (Å²) >= 11 is 0. The second-order valence-corrected chi connectivity index (χ2v) is 3.84. The SMILES string of the molecule is CCCCCN(CC#N)CC(C)C(=O)O. The fraction of sp³-hybridized carbons (Fsp3) is 0.818. The summed E-state index contributed by atoms with van der Waals surface area (Å²) in [5.41, 5.74) is 0. The zero-order valence-electron chi connectivity index (χ0n) is 9.57. The summed E-state index contributed by atoms with van der Waals surface area (Å²) in [7, 11) is 0. The molecule has 4 nitrogen and oxygen atoms in total. The van der Waals surface area contributed by atoms with Crippen LogP contribution >= 0.6 is 0 Å². The van der Waals surface area contributed by atoms with Gasteiger partial charge in [0.15, 0.2) is 0 Å². The standard InChI is InChI=1S/C11H20N2O2/c1-3-4-5-7-13(8-6-12)9-10(2)11(14)15/h10H,3-5,7-9H2,1-2H3,(H,14,15). The lowest BCUT2D eigenvalue weighted by molar-refractivity contribution is -0.141. The van der Waals surface area contributed by atoms with Gasteiger partial charge < -0.3 is 5.11 Å². The second kappa shape index (κ2) is 8.25. The molecule has 0 radical (unpaired) electrons. The highest BCUT2D eigenvalue weighted by Crippen LogP contribution is 2.03. The molecule has 0 aliphatic rings. The Hall–Kier alpha value is -1.08. The third kappa shape index (κ3) is 6.92. The average Bonchev–Trinajstić information content (AvgIpc) is 2.18. The van der Waals surface area contributed by atoms with Gasteiger partial charge in [0.05, 0.1) is 18.5 Å². The van der Waals surface area contributed by atoms with Gasteiger partial charge in [-0.2, -0.15) is 5.26 Å². The van der Waals surface area contributed by atoms with Crippen molar-refractivity contribution in [1.82, 2.24) is 4.90 Å². The van der Waals surface area contributed by atoms with Crippen molar-refractivity contribution in [2.24, 2.45) is 5.92 Å². The third-order valence-corrected chi connectivity index (χ3v) is 2.33. The van der Waals surface area contributed by atoms with Gasteiger partial charge in [0, 0.05) is 6.54 Å². The van der Waals surface area contributed by atoms with Crippen LogP contribution in [0.4, 0.5) is 0 Å². The lowest BCUT2D eigenvalue weighted by Gasteiger charge is -2.20. The normalized spacial score (nSPS) is 12.4. The zero-order chi connectivity index (χ0) is 11.7. The van der Waals surface area contributed by atoms with Crippen molar-refractivity contribution < 1.29 is 9.90 Å². The Morgan fingerprint density at radius 1 is 1.53 bits per heavy atom. The fourth-order valence-corrected chi connectivity index (χ4v) is 1.39. The van der Waals surface area contributed by atoms with Crippen molar-refractivity contribution in [2.45, 2.75) is 33.1 Å². The van der Waals surface area contributed by atoms with E-state index in [0.717, 1.165) is 25.8 Å². The maximum Gasteiger partial charge on any atom is 0.307 e. The summed E-state index contributed by atoms with van der Waals surface area (Å²) in [5.74, 6) is -1.20. The molecule has 0 saturated carbocycles. The Bertz CT molecular complexity index is 223. The van der Waals surface area contributed by atoms with Gasteiger partial charge in [0.25, 0.3) is 0 Å². The van der Waals surface area contributed by atoms with Crippen molar-refractivity contribution in [2.75, 3.05) is 19.6 Å². The molecule has 0 aromatic rings. The van der Waals surface area contributed by atoms with Crippen molar-refractivity contribution in [1.29, 1.82) is 5.26 Å². The van der Waals surface area contributed by atoms with E-state index in [1.54, 1.807) is 6.92 Å². The molecule has 0 aromatic heterocycles. The molecule has 0 aromatic carbocycles. The van der Waals surface area contributed by atoms with E-state index >= 15 is 0 Å². The predicted molar refractivity (Wildman–Crippen MR) is 58.4 cm³/mol. The van der Waals surface area contributed by atoms with Gasteiger partial charge in [-0.05, 0) is 13.0 Å². The zero-order valence-corrected chi connectivity index (χ0v) is 9.57. The highest BCUT2D eigenvalue weighted by atomic mass is 16.4. The Morgan fingerprint density at radius 3 is 2.67 bits per heavy atom. The molecule has 0 saturated heterocycles. The summed E-state index contributed by atoms with van der Waals surface area (Å²) in [5, 5.41) is 17.4. The molecule has 0 aliphatic carbocycles. The number of carboxylic acids is 1. The first-order chi connectivity index (χ1) is 7.11. The lowest BCUT2D eigenvalue weighted by atomic mass is 10.1. The van der Waals surface area contributed by atoms with Crippen LogP contribution in [0.5, 0.6) is 0 Å². The van der Waals surface area contributed by atoms with Gasteiger partial charge >= 0.3 is 5.97 Å². The van der Waals surface area contributed by atoms with Crippen LogP contribution in [0.3, 0.4) is 0 Å². The van der Waals surface area contributed by atoms with Crippen LogP contribution in [0.2, 0.25) is 0 Å². The van der Waals surface area contributed by atoms with E-state index in [2.05, 4.69) is 13.0 Å². The fourth-order valence-electron chi connectivity index (χ4n) is 1.39. The Kier molecular flexibility index (Phi) is 7.65. The topological polar surface area (TPSA) is 64.3 Å². The number of unbranched alkanes of at least 4 members (excludes halogenated alkanes) is 2. The third-order valence-electron chi connectivity index (χ3n) is 2.33. The van der Waals surface area contributed by atoms with Crippen LogP contribution in [0, 0.1) is 17.2 Å². The summed E-state index contributed by atoms with van der Waals surface area (Å²) in [6.07, 6.45) is 3.29. The number of hydrogen-bond donors (Lipinski definition) is 1. The number of nitrogens with zero attached hydrogens (tertiary/aromatic N) is 2. The van der Waals surface area contributed by atoms with Gasteiger partial charge in [-0.3, -0.25) is 9.69 Å².